The Bertz CT molecular complexity index is 667. The molecule has 124 valence electrons. The summed E-state index contributed by atoms with van der Waals surface area (Å²) >= 11 is 3.40. The zero-order chi connectivity index (χ0) is 17.0. The molecule has 2 N–H and O–H groups in total. The molecule has 0 bridgehead atoms. The van der Waals surface area contributed by atoms with Crippen molar-refractivity contribution in [1.29, 1.82) is 0 Å². The second-order valence-corrected chi connectivity index (χ2v) is 7.18. The van der Waals surface area contributed by atoms with E-state index in [0.717, 1.165) is 0 Å². The number of aliphatic hydroxyl groups is 1. The standard InChI is InChI=1S/C15H20BrN5O2/c1-15(2,3)12(22)4-5-17-14(23)10-6-11(16)13(18-7-10)21-8-19-20-9-21/h6-9,12,22H,4-5H2,1-3H3,(H,17,23). The van der Waals surface area contributed by atoms with Crippen LogP contribution in [0.15, 0.2) is 29.4 Å². The van der Waals surface area contributed by atoms with E-state index in [1.54, 1.807) is 10.6 Å². The maximum absolute atomic E-state index is 12.1. The van der Waals surface area contributed by atoms with Crippen LogP contribution in [-0.2, 0) is 0 Å². The predicted molar refractivity (Wildman–Crippen MR) is 89.3 cm³/mol. The van der Waals surface area contributed by atoms with Gasteiger partial charge in [-0.2, -0.15) is 0 Å². The van der Waals surface area contributed by atoms with E-state index in [-0.39, 0.29) is 11.3 Å². The van der Waals surface area contributed by atoms with Crippen LogP contribution in [0.2, 0.25) is 0 Å². The molecule has 0 saturated carbocycles. The van der Waals surface area contributed by atoms with Crippen LogP contribution in [0.5, 0.6) is 0 Å². The van der Waals surface area contributed by atoms with Crippen LogP contribution in [0.1, 0.15) is 37.6 Å². The van der Waals surface area contributed by atoms with Crippen molar-refractivity contribution in [2.75, 3.05) is 6.54 Å². The number of hydrogen-bond donors (Lipinski definition) is 2. The zero-order valence-electron chi connectivity index (χ0n) is 13.3. The molecule has 0 aliphatic rings. The van der Waals surface area contributed by atoms with E-state index in [9.17, 15) is 9.90 Å². The fourth-order valence-corrected chi connectivity index (χ4v) is 2.47. The highest BCUT2D eigenvalue weighted by Crippen LogP contribution is 2.21. The molecule has 0 aromatic carbocycles. The lowest BCUT2D eigenvalue weighted by atomic mass is 9.87. The SMILES string of the molecule is CC(C)(C)C(O)CCNC(=O)c1cnc(-n2cnnc2)c(Br)c1. The summed E-state index contributed by atoms with van der Waals surface area (Å²) in [4.78, 5) is 16.4. The first-order valence-corrected chi connectivity index (χ1v) is 8.05. The van der Waals surface area contributed by atoms with Crippen LogP contribution in [-0.4, -0.2) is 43.4 Å². The monoisotopic (exact) mass is 381 g/mol. The second kappa shape index (κ2) is 7.18. The van der Waals surface area contributed by atoms with Crippen LogP contribution in [0.3, 0.4) is 0 Å². The summed E-state index contributed by atoms with van der Waals surface area (Å²) in [5.74, 6) is 0.379. The Balaban J connectivity index is 1.97. The van der Waals surface area contributed by atoms with Crippen molar-refractivity contribution in [2.24, 2.45) is 5.41 Å². The number of carbonyl (C=O) groups is 1. The minimum Gasteiger partial charge on any atom is -0.393 e. The molecular weight excluding hydrogens is 362 g/mol. The van der Waals surface area contributed by atoms with E-state index in [2.05, 4.69) is 36.4 Å². The van der Waals surface area contributed by atoms with Gasteiger partial charge in [-0.3, -0.25) is 9.36 Å². The Morgan fingerprint density at radius 2 is 2.04 bits per heavy atom. The lowest BCUT2D eigenvalue weighted by Crippen LogP contribution is -2.32. The maximum atomic E-state index is 12.1. The molecule has 2 aromatic heterocycles. The number of nitrogens with zero attached hydrogens (tertiary/aromatic N) is 4. The number of amides is 1. The summed E-state index contributed by atoms with van der Waals surface area (Å²) in [6, 6.07) is 1.69. The van der Waals surface area contributed by atoms with Gasteiger partial charge in [-0.05, 0) is 33.8 Å². The highest BCUT2D eigenvalue weighted by Gasteiger charge is 2.21. The predicted octanol–water partition coefficient (Wildman–Crippen LogP) is 1.95. The van der Waals surface area contributed by atoms with E-state index in [1.165, 1.54) is 18.9 Å². The molecule has 2 heterocycles. The van der Waals surface area contributed by atoms with Crippen molar-refractivity contribution >= 4 is 21.8 Å². The summed E-state index contributed by atoms with van der Waals surface area (Å²) in [7, 11) is 0. The Hall–Kier alpha value is -1.80. The van der Waals surface area contributed by atoms with E-state index in [1.807, 2.05) is 20.8 Å². The van der Waals surface area contributed by atoms with Crippen LogP contribution in [0.4, 0.5) is 0 Å². The Morgan fingerprint density at radius 3 is 2.61 bits per heavy atom. The first-order chi connectivity index (χ1) is 10.8. The fraction of sp³-hybridized carbons (Fsp3) is 0.467. The van der Waals surface area contributed by atoms with E-state index < -0.39 is 6.10 Å². The fourth-order valence-electron chi connectivity index (χ4n) is 1.91. The normalized spacial score (nSPS) is 12.9. The number of carbonyl (C=O) groups excluding carboxylic acids is 1. The minimum absolute atomic E-state index is 0.199. The Kier molecular flexibility index (Phi) is 5.48. The van der Waals surface area contributed by atoms with Crippen LogP contribution < -0.4 is 5.32 Å². The average molecular weight is 382 g/mol. The van der Waals surface area contributed by atoms with Crippen LogP contribution in [0, 0.1) is 5.41 Å². The molecule has 7 nitrogen and oxygen atoms in total. The van der Waals surface area contributed by atoms with Gasteiger partial charge >= 0.3 is 0 Å². The first-order valence-electron chi connectivity index (χ1n) is 7.26. The van der Waals surface area contributed by atoms with E-state index in [4.69, 9.17) is 0 Å². The van der Waals surface area contributed by atoms with Crippen LogP contribution >= 0.6 is 15.9 Å². The molecule has 0 saturated heterocycles. The van der Waals surface area contributed by atoms with Gasteiger partial charge < -0.3 is 10.4 Å². The minimum atomic E-state index is -0.469. The molecular formula is C15H20BrN5O2. The Morgan fingerprint density at radius 1 is 1.39 bits per heavy atom. The molecule has 2 rings (SSSR count). The smallest absolute Gasteiger partial charge is 0.252 e. The summed E-state index contributed by atoms with van der Waals surface area (Å²) in [5, 5.41) is 20.2. The third-order valence-corrected chi connectivity index (χ3v) is 4.03. The number of hydrogen-bond acceptors (Lipinski definition) is 5. The van der Waals surface area contributed by atoms with Crippen molar-refractivity contribution < 1.29 is 9.90 Å². The maximum Gasteiger partial charge on any atom is 0.252 e. The number of halogens is 1. The molecule has 0 radical (unpaired) electrons. The van der Waals surface area contributed by atoms with Crippen molar-refractivity contribution in [3.8, 4) is 5.82 Å². The molecule has 0 aliphatic carbocycles. The number of aliphatic hydroxyl groups excluding tert-OH is 1. The molecule has 0 spiro atoms. The third kappa shape index (κ3) is 4.59. The molecule has 23 heavy (non-hydrogen) atoms. The molecule has 8 heteroatoms. The number of nitrogens with one attached hydrogen (secondary N) is 1. The lowest BCUT2D eigenvalue weighted by molar-refractivity contribution is 0.0551. The highest BCUT2D eigenvalue weighted by atomic mass is 79.9. The van der Waals surface area contributed by atoms with E-state index in [0.29, 0.717) is 28.8 Å². The van der Waals surface area contributed by atoms with Gasteiger partial charge in [0.1, 0.15) is 12.7 Å². The average Bonchev–Trinajstić information content (AvgIpc) is 2.99. The summed E-state index contributed by atoms with van der Waals surface area (Å²) < 4.78 is 2.31. The van der Waals surface area contributed by atoms with Crippen molar-refractivity contribution in [2.45, 2.75) is 33.3 Å². The molecule has 0 fully saturated rings. The van der Waals surface area contributed by atoms with Gasteiger partial charge in [-0.25, -0.2) is 4.98 Å². The zero-order valence-corrected chi connectivity index (χ0v) is 14.9. The molecule has 0 aliphatic heterocycles. The van der Waals surface area contributed by atoms with Gasteiger partial charge in [0.25, 0.3) is 5.91 Å². The first kappa shape index (κ1) is 17.6. The summed E-state index contributed by atoms with van der Waals surface area (Å²) in [5.41, 5.74) is 0.245. The van der Waals surface area contributed by atoms with Gasteiger partial charge in [-0.15, -0.1) is 10.2 Å². The molecule has 2 aromatic rings. The number of rotatable bonds is 5. The van der Waals surface area contributed by atoms with Gasteiger partial charge in [-0.1, -0.05) is 20.8 Å². The van der Waals surface area contributed by atoms with Crippen molar-refractivity contribution in [3.05, 3.63) is 35.0 Å². The topological polar surface area (TPSA) is 92.9 Å². The highest BCUT2D eigenvalue weighted by molar-refractivity contribution is 9.10. The summed E-state index contributed by atoms with van der Waals surface area (Å²) in [6.07, 6.45) is 4.59. The largest absolute Gasteiger partial charge is 0.393 e. The van der Waals surface area contributed by atoms with Gasteiger partial charge in [0.2, 0.25) is 0 Å². The van der Waals surface area contributed by atoms with Gasteiger partial charge in [0.05, 0.1) is 16.1 Å². The number of aromatic nitrogens is 4. The van der Waals surface area contributed by atoms with Gasteiger partial charge in [0, 0.05) is 12.7 Å². The second-order valence-electron chi connectivity index (χ2n) is 6.32. The summed E-state index contributed by atoms with van der Waals surface area (Å²) in [6.45, 7) is 6.29. The van der Waals surface area contributed by atoms with E-state index >= 15 is 0 Å². The number of pyridine rings is 1. The Labute approximate surface area is 143 Å². The van der Waals surface area contributed by atoms with Crippen LogP contribution in [0.25, 0.3) is 5.82 Å². The molecule has 1 atom stereocenters. The third-order valence-electron chi connectivity index (χ3n) is 3.45. The molecule has 1 unspecified atom stereocenters. The van der Waals surface area contributed by atoms with Gasteiger partial charge in [0.15, 0.2) is 5.82 Å². The van der Waals surface area contributed by atoms with Crippen molar-refractivity contribution in [1.82, 2.24) is 25.1 Å². The molecule has 1 amide bonds. The van der Waals surface area contributed by atoms with Crippen molar-refractivity contribution in [3.63, 3.8) is 0 Å². The quantitative estimate of drug-likeness (QED) is 0.825. The lowest BCUT2D eigenvalue weighted by Gasteiger charge is -2.25.